The zero-order valence-electron chi connectivity index (χ0n) is 8.86. The fourth-order valence-corrected chi connectivity index (χ4v) is 1.55. The van der Waals surface area contributed by atoms with E-state index >= 15 is 0 Å². The van der Waals surface area contributed by atoms with E-state index < -0.39 is 28.3 Å². The van der Waals surface area contributed by atoms with Crippen LogP contribution in [0.2, 0.25) is 0 Å². The molecule has 0 fully saturated rings. The second-order valence-corrected chi connectivity index (χ2v) is 6.01. The standard InChI is InChI=1S/C9H19NO3S/c1-5-7(8(12)6-11)10-14(13)9(2,3)4/h5,7-8,10-12H,1,6H2,2-4H3/t7-,8+,14?/m0/s1. The van der Waals surface area contributed by atoms with Gasteiger partial charge in [-0.2, -0.15) is 0 Å². The Morgan fingerprint density at radius 3 is 2.36 bits per heavy atom. The highest BCUT2D eigenvalue weighted by atomic mass is 32.2. The van der Waals surface area contributed by atoms with Crippen LogP contribution in [0.5, 0.6) is 0 Å². The molecule has 14 heavy (non-hydrogen) atoms. The van der Waals surface area contributed by atoms with Gasteiger partial charge in [0.05, 0.1) is 12.6 Å². The van der Waals surface area contributed by atoms with Crippen molar-refractivity contribution in [2.24, 2.45) is 0 Å². The minimum absolute atomic E-state index is 0.384. The lowest BCUT2D eigenvalue weighted by molar-refractivity contribution is 0.0815. The first-order valence-electron chi connectivity index (χ1n) is 4.42. The molecule has 0 saturated heterocycles. The van der Waals surface area contributed by atoms with Gasteiger partial charge in [0.1, 0.15) is 10.9 Å². The Morgan fingerprint density at radius 2 is 2.07 bits per heavy atom. The Kier molecular flexibility index (Phi) is 5.70. The predicted octanol–water partition coefficient (Wildman–Crippen LogP) is -0.0540. The summed E-state index contributed by atoms with van der Waals surface area (Å²) in [5.41, 5.74) is 0. The number of hydrogen-bond acceptors (Lipinski definition) is 4. The monoisotopic (exact) mass is 221 g/mol. The van der Waals surface area contributed by atoms with Crippen LogP contribution < -0.4 is 4.72 Å². The van der Waals surface area contributed by atoms with Crippen LogP contribution in [0.4, 0.5) is 0 Å². The first-order chi connectivity index (χ1) is 6.32. The summed E-state index contributed by atoms with van der Waals surface area (Å²) in [6.45, 7) is 8.58. The summed E-state index contributed by atoms with van der Waals surface area (Å²) in [5, 5.41) is 18.0. The fourth-order valence-electron chi connectivity index (χ4n) is 0.698. The zero-order valence-corrected chi connectivity index (χ0v) is 9.67. The fraction of sp³-hybridized carbons (Fsp3) is 0.778. The number of rotatable bonds is 5. The van der Waals surface area contributed by atoms with E-state index in [4.69, 9.17) is 5.11 Å². The molecule has 0 amide bonds. The van der Waals surface area contributed by atoms with Crippen molar-refractivity contribution in [2.75, 3.05) is 6.61 Å². The van der Waals surface area contributed by atoms with Crippen LogP contribution in [0.1, 0.15) is 20.8 Å². The van der Waals surface area contributed by atoms with Crippen LogP contribution in [0.25, 0.3) is 0 Å². The van der Waals surface area contributed by atoms with E-state index in [1.54, 1.807) is 0 Å². The van der Waals surface area contributed by atoms with Crippen LogP contribution in [0.3, 0.4) is 0 Å². The average Bonchev–Trinajstić information content (AvgIpc) is 2.10. The molecule has 0 aromatic carbocycles. The van der Waals surface area contributed by atoms with E-state index in [0.717, 1.165) is 0 Å². The third-order valence-corrected chi connectivity index (χ3v) is 3.25. The first-order valence-corrected chi connectivity index (χ1v) is 5.57. The quantitative estimate of drug-likeness (QED) is 0.449. The molecule has 4 nitrogen and oxygen atoms in total. The van der Waals surface area contributed by atoms with Crippen LogP contribution in [0.15, 0.2) is 12.7 Å². The minimum atomic E-state index is -1.28. The summed E-state index contributed by atoms with van der Waals surface area (Å²) in [4.78, 5) is 0. The zero-order chi connectivity index (χ0) is 11.4. The Bertz CT molecular complexity index is 181. The Balaban J connectivity index is 4.25. The van der Waals surface area contributed by atoms with Gasteiger partial charge in [0.25, 0.3) is 0 Å². The van der Waals surface area contributed by atoms with Crippen molar-refractivity contribution in [1.82, 2.24) is 4.72 Å². The summed E-state index contributed by atoms with van der Waals surface area (Å²) >= 11 is -1.28. The molecule has 3 atom stereocenters. The van der Waals surface area contributed by atoms with Crippen molar-refractivity contribution in [3.8, 4) is 0 Å². The van der Waals surface area contributed by atoms with Crippen LogP contribution >= 0.6 is 0 Å². The number of hydrogen-bond donors (Lipinski definition) is 3. The molecule has 3 N–H and O–H groups in total. The molecule has 0 saturated carbocycles. The summed E-state index contributed by atoms with van der Waals surface area (Å²) in [5.74, 6) is 0. The van der Waals surface area contributed by atoms with Crippen molar-refractivity contribution >= 4 is 11.4 Å². The molecule has 0 radical (unpaired) electrons. The molecule has 0 spiro atoms. The third-order valence-electron chi connectivity index (χ3n) is 1.65. The van der Waals surface area contributed by atoms with E-state index in [0.29, 0.717) is 0 Å². The molecule has 0 aliphatic rings. The van der Waals surface area contributed by atoms with E-state index in [1.165, 1.54) is 6.08 Å². The van der Waals surface area contributed by atoms with E-state index in [-0.39, 0.29) is 6.61 Å². The Hall–Kier alpha value is -0.0700. The highest BCUT2D eigenvalue weighted by Gasteiger charge is 2.30. The maximum absolute atomic E-state index is 11.6. The molecular weight excluding hydrogens is 202 g/mol. The highest BCUT2D eigenvalue weighted by molar-refractivity contribution is 7.90. The maximum atomic E-state index is 11.6. The topological polar surface area (TPSA) is 75.5 Å². The normalized spacial score (nSPS) is 18.7. The molecular formula is C9H19NO3S. The predicted molar refractivity (Wildman–Crippen MR) is 58.1 cm³/mol. The molecule has 0 bridgehead atoms. The summed E-state index contributed by atoms with van der Waals surface area (Å²) < 4.78 is 13.9. The first kappa shape index (κ1) is 13.9. The Morgan fingerprint density at radius 1 is 1.57 bits per heavy atom. The van der Waals surface area contributed by atoms with Gasteiger partial charge >= 0.3 is 0 Å². The minimum Gasteiger partial charge on any atom is -0.598 e. The lowest BCUT2D eigenvalue weighted by atomic mass is 10.2. The number of aliphatic hydroxyl groups is 2. The lowest BCUT2D eigenvalue weighted by Gasteiger charge is -2.28. The van der Waals surface area contributed by atoms with Crippen molar-refractivity contribution in [2.45, 2.75) is 37.7 Å². The molecule has 0 rings (SSSR count). The van der Waals surface area contributed by atoms with Crippen molar-refractivity contribution in [1.29, 1.82) is 0 Å². The molecule has 0 aromatic rings. The summed E-state index contributed by atoms with van der Waals surface area (Å²) in [6, 6.07) is -0.556. The molecule has 0 heterocycles. The molecule has 1 unspecified atom stereocenters. The second-order valence-electron chi connectivity index (χ2n) is 4.01. The van der Waals surface area contributed by atoms with Gasteiger partial charge < -0.3 is 14.8 Å². The SMILES string of the molecule is C=C[C@H](N[S+]([O-])C(C)(C)C)[C@H](O)CO. The molecule has 5 heteroatoms. The molecule has 0 aliphatic heterocycles. The van der Waals surface area contributed by atoms with Gasteiger partial charge in [0, 0.05) is 11.4 Å². The van der Waals surface area contributed by atoms with Crippen LogP contribution in [-0.2, 0) is 11.4 Å². The largest absolute Gasteiger partial charge is 0.598 e. The van der Waals surface area contributed by atoms with Crippen molar-refractivity contribution in [3.05, 3.63) is 12.7 Å². The number of aliphatic hydroxyl groups excluding tert-OH is 2. The smallest absolute Gasteiger partial charge is 0.136 e. The molecule has 84 valence electrons. The van der Waals surface area contributed by atoms with E-state index in [9.17, 15) is 9.66 Å². The van der Waals surface area contributed by atoms with Gasteiger partial charge in [0.15, 0.2) is 0 Å². The average molecular weight is 221 g/mol. The second kappa shape index (κ2) is 5.72. The van der Waals surface area contributed by atoms with Gasteiger partial charge in [-0.05, 0) is 20.8 Å². The Labute approximate surface area is 88.3 Å². The van der Waals surface area contributed by atoms with Gasteiger partial charge in [-0.25, -0.2) is 0 Å². The van der Waals surface area contributed by atoms with Gasteiger partial charge in [-0.15, -0.1) is 11.3 Å². The van der Waals surface area contributed by atoms with Gasteiger partial charge in [-0.3, -0.25) is 0 Å². The molecule has 0 aromatic heterocycles. The van der Waals surface area contributed by atoms with E-state index in [1.807, 2.05) is 20.8 Å². The molecule has 0 aliphatic carbocycles. The van der Waals surface area contributed by atoms with Crippen molar-refractivity contribution in [3.63, 3.8) is 0 Å². The van der Waals surface area contributed by atoms with Gasteiger partial charge in [-0.1, -0.05) is 6.08 Å². The van der Waals surface area contributed by atoms with Crippen LogP contribution in [0, 0.1) is 0 Å². The summed E-state index contributed by atoms with van der Waals surface area (Å²) in [7, 11) is 0. The maximum Gasteiger partial charge on any atom is 0.136 e. The highest BCUT2D eigenvalue weighted by Crippen LogP contribution is 2.14. The third kappa shape index (κ3) is 4.43. The summed E-state index contributed by atoms with van der Waals surface area (Å²) in [6.07, 6.45) is 0.462. The van der Waals surface area contributed by atoms with Gasteiger partial charge in [0.2, 0.25) is 0 Å². The van der Waals surface area contributed by atoms with Crippen molar-refractivity contribution < 1.29 is 14.8 Å². The van der Waals surface area contributed by atoms with Crippen LogP contribution in [-0.4, -0.2) is 38.3 Å². The van der Waals surface area contributed by atoms with E-state index in [2.05, 4.69) is 11.3 Å². The lowest BCUT2D eigenvalue weighted by Crippen LogP contribution is -2.49. The number of nitrogens with one attached hydrogen (secondary N) is 1.